The lowest BCUT2D eigenvalue weighted by atomic mass is 10.0. The molecule has 1 aromatic rings. The van der Waals surface area contributed by atoms with Gasteiger partial charge in [-0.05, 0) is 24.8 Å². The summed E-state index contributed by atoms with van der Waals surface area (Å²) in [7, 11) is 0. The van der Waals surface area contributed by atoms with E-state index in [-0.39, 0.29) is 11.8 Å². The Morgan fingerprint density at radius 3 is 2.89 bits per heavy atom. The Morgan fingerprint density at radius 1 is 1.47 bits per heavy atom. The first-order valence-corrected chi connectivity index (χ1v) is 7.05. The Balaban J connectivity index is 2.22. The fraction of sp³-hybridized carbons (Fsp3) is 0.308. The van der Waals surface area contributed by atoms with Crippen molar-refractivity contribution in [1.82, 2.24) is 5.32 Å². The lowest BCUT2D eigenvalue weighted by Gasteiger charge is -2.23. The number of anilines is 1. The minimum Gasteiger partial charge on any atom is -0.373 e. The number of nitriles is 1. The number of carbonyl (C=O) groups excluding carboxylic acids is 2. The predicted octanol–water partition coefficient (Wildman–Crippen LogP) is 1.50. The van der Waals surface area contributed by atoms with Crippen LogP contribution in [0, 0.1) is 11.3 Å². The first kappa shape index (κ1) is 13.4. The highest BCUT2D eigenvalue weighted by Gasteiger charge is 2.27. The van der Waals surface area contributed by atoms with E-state index >= 15 is 0 Å². The summed E-state index contributed by atoms with van der Waals surface area (Å²) >= 11 is 1.48. The van der Waals surface area contributed by atoms with Crippen molar-refractivity contribution >= 4 is 29.3 Å². The third-order valence-corrected chi connectivity index (χ3v) is 3.71. The number of thioether (sulfide) groups is 1. The summed E-state index contributed by atoms with van der Waals surface area (Å²) in [5.74, 6) is -0.587. The fourth-order valence-corrected chi connectivity index (χ4v) is 2.53. The van der Waals surface area contributed by atoms with Gasteiger partial charge >= 0.3 is 0 Å². The van der Waals surface area contributed by atoms with E-state index in [1.807, 2.05) is 18.4 Å². The molecule has 0 bridgehead atoms. The zero-order valence-corrected chi connectivity index (χ0v) is 11.2. The van der Waals surface area contributed by atoms with Crippen molar-refractivity contribution in [3.8, 4) is 6.07 Å². The summed E-state index contributed by atoms with van der Waals surface area (Å²) in [6, 6.07) is 7.14. The van der Waals surface area contributed by atoms with Crippen LogP contribution in [0.5, 0.6) is 0 Å². The SMILES string of the molecule is CSc1cccc(NC2CCC(=O)NC2=O)c1C#N. The minimum absolute atomic E-state index is 0.249. The highest BCUT2D eigenvalue weighted by atomic mass is 32.2. The topological polar surface area (TPSA) is 82.0 Å². The molecule has 6 heteroatoms. The Morgan fingerprint density at radius 2 is 2.26 bits per heavy atom. The molecular formula is C13H13N3O2S. The van der Waals surface area contributed by atoms with Gasteiger partial charge in [0.15, 0.2) is 0 Å². The maximum absolute atomic E-state index is 11.7. The van der Waals surface area contributed by atoms with Gasteiger partial charge in [-0.25, -0.2) is 0 Å². The van der Waals surface area contributed by atoms with E-state index in [1.165, 1.54) is 11.8 Å². The van der Waals surface area contributed by atoms with Crippen LogP contribution in [0.3, 0.4) is 0 Å². The zero-order valence-electron chi connectivity index (χ0n) is 10.4. The van der Waals surface area contributed by atoms with Crippen LogP contribution in [0.4, 0.5) is 5.69 Å². The Labute approximate surface area is 115 Å². The molecule has 5 nitrogen and oxygen atoms in total. The summed E-state index contributed by atoms with van der Waals surface area (Å²) in [5.41, 5.74) is 1.16. The highest BCUT2D eigenvalue weighted by molar-refractivity contribution is 7.98. The molecule has 1 unspecified atom stereocenters. The third-order valence-electron chi connectivity index (χ3n) is 2.93. The molecule has 19 heavy (non-hydrogen) atoms. The van der Waals surface area contributed by atoms with E-state index in [0.29, 0.717) is 24.1 Å². The summed E-state index contributed by atoms with van der Waals surface area (Å²) in [6.45, 7) is 0. The van der Waals surface area contributed by atoms with Gasteiger partial charge in [0.2, 0.25) is 11.8 Å². The molecule has 2 N–H and O–H groups in total. The van der Waals surface area contributed by atoms with Gasteiger partial charge in [0.25, 0.3) is 0 Å². The van der Waals surface area contributed by atoms with Crippen LogP contribution in [-0.4, -0.2) is 24.1 Å². The molecule has 1 atom stereocenters. The molecule has 0 saturated carbocycles. The second-order valence-corrected chi connectivity index (χ2v) is 4.99. The average molecular weight is 275 g/mol. The first-order chi connectivity index (χ1) is 9.15. The molecule has 1 aromatic carbocycles. The van der Waals surface area contributed by atoms with E-state index in [4.69, 9.17) is 0 Å². The number of carbonyl (C=O) groups is 2. The van der Waals surface area contributed by atoms with Crippen molar-refractivity contribution < 1.29 is 9.59 Å². The minimum atomic E-state index is -0.470. The Bertz CT molecular complexity index is 565. The number of nitrogens with zero attached hydrogens (tertiary/aromatic N) is 1. The van der Waals surface area contributed by atoms with Gasteiger partial charge in [0.1, 0.15) is 12.1 Å². The van der Waals surface area contributed by atoms with Crippen LogP contribution < -0.4 is 10.6 Å². The van der Waals surface area contributed by atoms with Crippen molar-refractivity contribution in [3.63, 3.8) is 0 Å². The standard InChI is InChI=1S/C13H13N3O2S/c1-19-11-4-2-3-9(8(11)7-14)15-10-5-6-12(17)16-13(10)18/h2-4,10,15H,5-6H2,1H3,(H,16,17,18). The van der Waals surface area contributed by atoms with Crippen LogP contribution >= 0.6 is 11.8 Å². The second-order valence-electron chi connectivity index (χ2n) is 4.14. The van der Waals surface area contributed by atoms with Gasteiger partial charge in [0.05, 0.1) is 11.3 Å². The van der Waals surface area contributed by atoms with Gasteiger partial charge < -0.3 is 5.32 Å². The number of nitrogens with one attached hydrogen (secondary N) is 2. The zero-order chi connectivity index (χ0) is 13.8. The summed E-state index contributed by atoms with van der Waals surface area (Å²) in [4.78, 5) is 23.6. The lowest BCUT2D eigenvalue weighted by Crippen LogP contribution is -2.47. The van der Waals surface area contributed by atoms with Gasteiger partial charge in [-0.1, -0.05) is 6.07 Å². The van der Waals surface area contributed by atoms with E-state index < -0.39 is 6.04 Å². The van der Waals surface area contributed by atoms with Gasteiger partial charge in [-0.2, -0.15) is 5.26 Å². The first-order valence-electron chi connectivity index (χ1n) is 5.83. The van der Waals surface area contributed by atoms with Crippen LogP contribution in [-0.2, 0) is 9.59 Å². The molecule has 0 radical (unpaired) electrons. The Hall–Kier alpha value is -2.00. The van der Waals surface area contributed by atoms with Crippen molar-refractivity contribution in [2.75, 3.05) is 11.6 Å². The summed E-state index contributed by atoms with van der Waals surface area (Å²) < 4.78 is 0. The van der Waals surface area contributed by atoms with Crippen molar-refractivity contribution in [2.45, 2.75) is 23.8 Å². The molecule has 1 heterocycles. The summed E-state index contributed by atoms with van der Waals surface area (Å²) in [5, 5.41) is 14.5. The van der Waals surface area contributed by atoms with E-state index in [2.05, 4.69) is 16.7 Å². The quantitative estimate of drug-likeness (QED) is 0.645. The monoisotopic (exact) mass is 275 g/mol. The number of hydrogen-bond acceptors (Lipinski definition) is 5. The molecule has 2 rings (SSSR count). The number of piperidine rings is 1. The lowest BCUT2D eigenvalue weighted by molar-refractivity contribution is -0.133. The van der Waals surface area contributed by atoms with E-state index in [0.717, 1.165) is 4.90 Å². The van der Waals surface area contributed by atoms with Gasteiger partial charge in [-0.3, -0.25) is 14.9 Å². The molecular weight excluding hydrogens is 262 g/mol. The van der Waals surface area contributed by atoms with Crippen LogP contribution in [0.2, 0.25) is 0 Å². The van der Waals surface area contributed by atoms with Crippen LogP contribution in [0.25, 0.3) is 0 Å². The second kappa shape index (κ2) is 5.76. The molecule has 0 spiro atoms. The predicted molar refractivity (Wildman–Crippen MR) is 72.7 cm³/mol. The summed E-state index contributed by atoms with van der Waals surface area (Å²) in [6.07, 6.45) is 2.65. The number of hydrogen-bond donors (Lipinski definition) is 2. The number of rotatable bonds is 3. The van der Waals surface area contributed by atoms with Crippen molar-refractivity contribution in [1.29, 1.82) is 5.26 Å². The molecule has 1 fully saturated rings. The fourth-order valence-electron chi connectivity index (χ4n) is 1.96. The molecule has 2 amide bonds. The average Bonchev–Trinajstić information content (AvgIpc) is 2.41. The number of benzene rings is 1. The molecule has 1 aliphatic heterocycles. The van der Waals surface area contributed by atoms with E-state index in [9.17, 15) is 14.9 Å². The smallest absolute Gasteiger partial charge is 0.249 e. The molecule has 1 saturated heterocycles. The maximum Gasteiger partial charge on any atom is 0.249 e. The molecule has 98 valence electrons. The maximum atomic E-state index is 11.7. The third kappa shape index (κ3) is 2.88. The molecule has 1 aliphatic rings. The molecule has 0 aliphatic carbocycles. The Kier molecular flexibility index (Phi) is 4.07. The number of amides is 2. The van der Waals surface area contributed by atoms with Crippen molar-refractivity contribution in [3.05, 3.63) is 23.8 Å². The van der Waals surface area contributed by atoms with Gasteiger partial charge in [-0.15, -0.1) is 11.8 Å². The normalized spacial score (nSPS) is 18.6. The van der Waals surface area contributed by atoms with Crippen molar-refractivity contribution in [2.24, 2.45) is 0 Å². The van der Waals surface area contributed by atoms with Gasteiger partial charge in [0, 0.05) is 11.3 Å². The van der Waals surface area contributed by atoms with Crippen LogP contribution in [0.15, 0.2) is 23.1 Å². The largest absolute Gasteiger partial charge is 0.373 e. The molecule has 0 aromatic heterocycles. The van der Waals surface area contributed by atoms with E-state index in [1.54, 1.807) is 6.07 Å². The van der Waals surface area contributed by atoms with Crippen LogP contribution in [0.1, 0.15) is 18.4 Å². The highest BCUT2D eigenvalue weighted by Crippen LogP contribution is 2.27. The number of imide groups is 1.